The highest BCUT2D eigenvalue weighted by atomic mass is 79.9. The minimum Gasteiger partial charge on any atom is -0.506 e. The molecule has 0 unspecified atom stereocenters. The Labute approximate surface area is 174 Å². The summed E-state index contributed by atoms with van der Waals surface area (Å²) in [5, 5.41) is 15.1. The summed E-state index contributed by atoms with van der Waals surface area (Å²) in [6.07, 6.45) is 1.30. The lowest BCUT2D eigenvalue weighted by Gasteiger charge is -2.12. The van der Waals surface area contributed by atoms with Crippen molar-refractivity contribution in [1.29, 1.82) is 0 Å². The lowest BCUT2D eigenvalue weighted by Crippen LogP contribution is -2.38. The number of hydrogen-bond acceptors (Lipinski definition) is 4. The van der Waals surface area contributed by atoms with Gasteiger partial charge in [0.15, 0.2) is 0 Å². The molecule has 0 saturated carbocycles. The van der Waals surface area contributed by atoms with Crippen molar-refractivity contribution in [3.8, 4) is 5.75 Å². The van der Waals surface area contributed by atoms with Crippen molar-refractivity contribution < 1.29 is 19.5 Å². The van der Waals surface area contributed by atoms with Crippen LogP contribution in [0.15, 0.2) is 46.6 Å². The number of rotatable bonds is 4. The Balaban J connectivity index is 1.74. The smallest absolute Gasteiger partial charge is 0.329 e. The molecular weight excluding hydrogens is 450 g/mol. The quantitative estimate of drug-likeness (QED) is 0.475. The second-order valence-electron chi connectivity index (χ2n) is 6.12. The van der Waals surface area contributed by atoms with Crippen molar-refractivity contribution in [2.75, 3.05) is 11.9 Å². The Bertz CT molecular complexity index is 1000. The summed E-state index contributed by atoms with van der Waals surface area (Å²) in [4.78, 5) is 37.6. The average molecular weight is 465 g/mol. The van der Waals surface area contributed by atoms with Crippen LogP contribution in [0.25, 0.3) is 6.08 Å². The number of urea groups is 1. The van der Waals surface area contributed by atoms with Gasteiger partial charge in [0.1, 0.15) is 18.0 Å². The highest BCUT2D eigenvalue weighted by molar-refractivity contribution is 9.10. The molecule has 3 rings (SSSR count). The molecule has 1 aliphatic rings. The van der Waals surface area contributed by atoms with E-state index in [1.807, 2.05) is 19.1 Å². The van der Waals surface area contributed by atoms with E-state index < -0.39 is 24.4 Å². The number of phenols is 1. The fourth-order valence-corrected chi connectivity index (χ4v) is 3.38. The van der Waals surface area contributed by atoms with Crippen LogP contribution >= 0.6 is 27.5 Å². The first-order chi connectivity index (χ1) is 13.2. The number of nitrogens with one attached hydrogen (secondary N) is 2. The van der Waals surface area contributed by atoms with E-state index in [0.717, 1.165) is 10.5 Å². The van der Waals surface area contributed by atoms with Crippen molar-refractivity contribution in [1.82, 2.24) is 10.2 Å². The van der Waals surface area contributed by atoms with E-state index in [0.29, 0.717) is 10.2 Å². The molecule has 7 nitrogen and oxygen atoms in total. The zero-order valence-electron chi connectivity index (χ0n) is 14.6. The predicted octanol–water partition coefficient (Wildman–Crippen LogP) is 3.65. The minimum absolute atomic E-state index is 0.0717. The van der Waals surface area contributed by atoms with Gasteiger partial charge in [-0.3, -0.25) is 9.59 Å². The molecule has 0 aliphatic carbocycles. The van der Waals surface area contributed by atoms with Gasteiger partial charge in [-0.1, -0.05) is 45.2 Å². The molecule has 28 heavy (non-hydrogen) atoms. The number of nitrogens with zero attached hydrogens (tertiary/aromatic N) is 1. The minimum atomic E-state index is -0.726. The van der Waals surface area contributed by atoms with Gasteiger partial charge in [0, 0.05) is 15.7 Å². The Morgan fingerprint density at radius 3 is 2.64 bits per heavy atom. The van der Waals surface area contributed by atoms with Gasteiger partial charge in [-0.05, 0) is 37.3 Å². The third-order valence-electron chi connectivity index (χ3n) is 3.96. The topological polar surface area (TPSA) is 98.7 Å². The van der Waals surface area contributed by atoms with E-state index in [1.54, 1.807) is 18.2 Å². The van der Waals surface area contributed by atoms with Crippen molar-refractivity contribution in [2.45, 2.75) is 6.92 Å². The van der Waals surface area contributed by atoms with Crippen LogP contribution in [-0.2, 0) is 9.59 Å². The number of aromatic hydroxyl groups is 1. The largest absolute Gasteiger partial charge is 0.506 e. The van der Waals surface area contributed by atoms with Crippen molar-refractivity contribution in [3.05, 3.63) is 62.7 Å². The van der Waals surface area contributed by atoms with E-state index in [-0.39, 0.29) is 22.0 Å². The first-order valence-corrected chi connectivity index (χ1v) is 9.31. The molecular formula is C19H15BrClN3O4. The molecule has 3 N–H and O–H groups in total. The number of carbonyl (C=O) groups is 3. The Morgan fingerprint density at radius 2 is 1.96 bits per heavy atom. The number of phenolic OH excluding ortho intramolecular Hbond substituents is 1. The molecule has 2 aromatic rings. The van der Waals surface area contributed by atoms with Gasteiger partial charge in [0.05, 0.1) is 5.02 Å². The highest BCUT2D eigenvalue weighted by Gasteiger charge is 2.35. The second-order valence-corrected chi connectivity index (χ2v) is 7.44. The standard InChI is InChI=1S/C19H15BrClN3O4/c1-10-2-4-13(5-3-10)22-16(25)9-24-18(27)15(23-19(24)28)7-11-6-12(20)8-14(21)17(11)26/h2-8,26H,9H2,1H3,(H,22,25)(H,23,28)/b15-7-. The fraction of sp³-hybridized carbons (Fsp3) is 0.105. The lowest BCUT2D eigenvalue weighted by molar-refractivity contribution is -0.127. The zero-order chi connectivity index (χ0) is 20.4. The first kappa shape index (κ1) is 19.9. The predicted molar refractivity (Wildman–Crippen MR) is 109 cm³/mol. The van der Waals surface area contributed by atoms with Crippen LogP contribution < -0.4 is 10.6 Å². The van der Waals surface area contributed by atoms with Crippen molar-refractivity contribution in [3.63, 3.8) is 0 Å². The maximum atomic E-state index is 12.5. The first-order valence-electron chi connectivity index (χ1n) is 8.13. The Kier molecular flexibility index (Phi) is 5.71. The molecule has 0 aromatic heterocycles. The fourth-order valence-electron chi connectivity index (χ4n) is 2.55. The maximum absolute atomic E-state index is 12.5. The molecule has 0 bridgehead atoms. The van der Waals surface area contributed by atoms with Crippen LogP contribution in [0.4, 0.5) is 10.5 Å². The molecule has 1 saturated heterocycles. The number of hydrogen-bond donors (Lipinski definition) is 3. The number of benzene rings is 2. The maximum Gasteiger partial charge on any atom is 0.329 e. The molecule has 2 aromatic carbocycles. The van der Waals surface area contributed by atoms with Crippen LogP contribution in [0.1, 0.15) is 11.1 Å². The summed E-state index contributed by atoms with van der Waals surface area (Å²) >= 11 is 9.15. The molecule has 1 heterocycles. The van der Waals surface area contributed by atoms with E-state index in [1.165, 1.54) is 12.1 Å². The zero-order valence-corrected chi connectivity index (χ0v) is 17.0. The number of halogens is 2. The summed E-state index contributed by atoms with van der Waals surface area (Å²) < 4.78 is 0.591. The molecule has 9 heteroatoms. The number of aryl methyl sites for hydroxylation is 1. The molecule has 144 valence electrons. The van der Waals surface area contributed by atoms with Gasteiger partial charge in [0.2, 0.25) is 5.91 Å². The van der Waals surface area contributed by atoms with Gasteiger partial charge in [0.25, 0.3) is 5.91 Å². The van der Waals surface area contributed by atoms with E-state index in [4.69, 9.17) is 11.6 Å². The van der Waals surface area contributed by atoms with E-state index in [9.17, 15) is 19.5 Å². The highest BCUT2D eigenvalue weighted by Crippen LogP contribution is 2.33. The van der Waals surface area contributed by atoms with Gasteiger partial charge in [-0.2, -0.15) is 0 Å². The van der Waals surface area contributed by atoms with Crippen LogP contribution in [0.2, 0.25) is 5.02 Å². The third kappa shape index (κ3) is 4.35. The second kappa shape index (κ2) is 8.04. The van der Waals surface area contributed by atoms with Crippen molar-refractivity contribution in [2.24, 2.45) is 0 Å². The van der Waals surface area contributed by atoms with Gasteiger partial charge in [-0.15, -0.1) is 0 Å². The van der Waals surface area contributed by atoms with Crippen molar-refractivity contribution >= 4 is 57.1 Å². The molecule has 0 atom stereocenters. The number of imide groups is 1. The summed E-state index contributed by atoms with van der Waals surface area (Å²) in [6.45, 7) is 1.48. The molecule has 1 fully saturated rings. The summed E-state index contributed by atoms with van der Waals surface area (Å²) in [7, 11) is 0. The Morgan fingerprint density at radius 1 is 1.29 bits per heavy atom. The van der Waals surface area contributed by atoms with Gasteiger partial charge in [-0.25, -0.2) is 9.69 Å². The Hall–Kier alpha value is -2.84. The van der Waals surface area contributed by atoms with Crippen LogP contribution in [0, 0.1) is 6.92 Å². The SMILES string of the molecule is Cc1ccc(NC(=O)CN2C(=O)N/C(=C\c3cc(Br)cc(Cl)c3O)C2=O)cc1. The van der Waals surface area contributed by atoms with E-state index in [2.05, 4.69) is 26.6 Å². The monoisotopic (exact) mass is 463 g/mol. The third-order valence-corrected chi connectivity index (χ3v) is 4.70. The summed E-state index contributed by atoms with van der Waals surface area (Å²) in [5.74, 6) is -1.42. The number of carbonyl (C=O) groups excluding carboxylic acids is 3. The average Bonchev–Trinajstić information content (AvgIpc) is 2.88. The number of anilines is 1. The van der Waals surface area contributed by atoms with Crippen LogP contribution in [0.3, 0.4) is 0 Å². The van der Waals surface area contributed by atoms with E-state index >= 15 is 0 Å². The normalized spacial score (nSPS) is 15.1. The molecule has 0 spiro atoms. The van der Waals surface area contributed by atoms with Gasteiger partial charge >= 0.3 is 6.03 Å². The van der Waals surface area contributed by atoms with Crippen LogP contribution in [0.5, 0.6) is 5.75 Å². The molecule has 4 amide bonds. The summed E-state index contributed by atoms with van der Waals surface area (Å²) in [5.41, 5.74) is 1.77. The summed E-state index contributed by atoms with van der Waals surface area (Å²) in [6, 6.07) is 9.43. The number of amides is 4. The van der Waals surface area contributed by atoms with Crippen LogP contribution in [-0.4, -0.2) is 34.4 Å². The van der Waals surface area contributed by atoms with Gasteiger partial charge < -0.3 is 15.7 Å². The lowest BCUT2D eigenvalue weighted by atomic mass is 10.1. The molecule has 0 radical (unpaired) electrons. The molecule has 1 aliphatic heterocycles.